The number of hydrogen-bond acceptors (Lipinski definition) is 2. The van der Waals surface area contributed by atoms with E-state index < -0.39 is 11.9 Å². The number of carboxylic acids is 1. The van der Waals surface area contributed by atoms with E-state index in [0.29, 0.717) is 12.1 Å². The number of aromatic amines is 1. The summed E-state index contributed by atoms with van der Waals surface area (Å²) in [5.74, 6) is -1.54. The maximum Gasteiger partial charge on any atom is 0.308 e. The molecule has 20 heavy (non-hydrogen) atoms. The lowest BCUT2D eigenvalue weighted by molar-refractivity contribution is -0.142. The lowest BCUT2D eigenvalue weighted by Crippen LogP contribution is -2.40. The van der Waals surface area contributed by atoms with Crippen LogP contribution in [0.1, 0.15) is 29.8 Å². The minimum Gasteiger partial charge on any atom is -0.481 e. The molecule has 1 fully saturated rings. The first-order valence-corrected chi connectivity index (χ1v) is 6.76. The standard InChI is InChI=1S/C15H16N2O3/c18-14(17-12-7-3-5-10(12)15(19)20)13-8-9-4-1-2-6-11(9)16-13/h1-2,4,6,8,10,12,16H,3,5,7H2,(H,17,18)(H,19,20). The molecule has 5 heteroatoms. The van der Waals surface area contributed by atoms with E-state index >= 15 is 0 Å². The van der Waals surface area contributed by atoms with Crippen molar-refractivity contribution in [2.75, 3.05) is 0 Å². The average Bonchev–Trinajstić information content (AvgIpc) is 3.03. The molecule has 0 radical (unpaired) electrons. The Hall–Kier alpha value is -2.30. The van der Waals surface area contributed by atoms with E-state index in [1.165, 1.54) is 0 Å². The third-order valence-electron chi connectivity index (χ3n) is 3.92. The quantitative estimate of drug-likeness (QED) is 0.800. The number of nitrogens with one attached hydrogen (secondary N) is 2. The number of carboxylic acid groups (broad SMARTS) is 1. The van der Waals surface area contributed by atoms with Gasteiger partial charge in [0.05, 0.1) is 5.92 Å². The number of aromatic nitrogens is 1. The molecule has 1 amide bonds. The van der Waals surface area contributed by atoms with E-state index in [2.05, 4.69) is 10.3 Å². The van der Waals surface area contributed by atoms with Crippen LogP contribution in [-0.2, 0) is 4.79 Å². The molecule has 1 aromatic heterocycles. The molecule has 3 rings (SSSR count). The van der Waals surface area contributed by atoms with Crippen LogP contribution >= 0.6 is 0 Å². The van der Waals surface area contributed by atoms with Crippen LogP contribution in [0, 0.1) is 5.92 Å². The first kappa shape index (κ1) is 12.7. The smallest absolute Gasteiger partial charge is 0.308 e. The first-order chi connectivity index (χ1) is 9.65. The second kappa shape index (κ2) is 5.00. The third kappa shape index (κ3) is 2.27. The van der Waals surface area contributed by atoms with Crippen molar-refractivity contribution >= 4 is 22.8 Å². The van der Waals surface area contributed by atoms with Gasteiger partial charge in [-0.1, -0.05) is 24.6 Å². The van der Waals surface area contributed by atoms with Gasteiger partial charge in [0.1, 0.15) is 5.69 Å². The highest BCUT2D eigenvalue weighted by atomic mass is 16.4. The van der Waals surface area contributed by atoms with Gasteiger partial charge in [-0.3, -0.25) is 9.59 Å². The van der Waals surface area contributed by atoms with Crippen LogP contribution in [-0.4, -0.2) is 28.0 Å². The molecular formula is C15H16N2O3. The maximum absolute atomic E-state index is 12.2. The van der Waals surface area contributed by atoms with Crippen LogP contribution < -0.4 is 5.32 Å². The number of fused-ring (bicyclic) bond motifs is 1. The second-order valence-corrected chi connectivity index (χ2v) is 5.23. The number of carbonyl (C=O) groups is 2. The number of amides is 1. The van der Waals surface area contributed by atoms with E-state index in [1.54, 1.807) is 6.07 Å². The molecule has 0 spiro atoms. The monoisotopic (exact) mass is 272 g/mol. The summed E-state index contributed by atoms with van der Waals surface area (Å²) in [4.78, 5) is 26.4. The molecule has 104 valence electrons. The van der Waals surface area contributed by atoms with Crippen LogP contribution in [0.4, 0.5) is 0 Å². The molecule has 1 saturated carbocycles. The van der Waals surface area contributed by atoms with Crippen molar-refractivity contribution in [2.45, 2.75) is 25.3 Å². The lowest BCUT2D eigenvalue weighted by atomic mass is 10.0. The summed E-state index contributed by atoms with van der Waals surface area (Å²) in [5.41, 5.74) is 1.38. The van der Waals surface area contributed by atoms with Gasteiger partial charge < -0.3 is 15.4 Å². The van der Waals surface area contributed by atoms with E-state index in [1.807, 2.05) is 24.3 Å². The van der Waals surface area contributed by atoms with Gasteiger partial charge in [0, 0.05) is 16.9 Å². The van der Waals surface area contributed by atoms with E-state index in [0.717, 1.165) is 23.7 Å². The predicted molar refractivity (Wildman–Crippen MR) is 74.5 cm³/mol. The lowest BCUT2D eigenvalue weighted by Gasteiger charge is -2.16. The fourth-order valence-electron chi connectivity index (χ4n) is 2.87. The predicted octanol–water partition coefficient (Wildman–Crippen LogP) is 2.15. The molecule has 3 N–H and O–H groups in total. The zero-order valence-electron chi connectivity index (χ0n) is 10.9. The van der Waals surface area contributed by atoms with Crippen molar-refractivity contribution in [3.8, 4) is 0 Å². The Labute approximate surface area is 116 Å². The van der Waals surface area contributed by atoms with Gasteiger partial charge in [0.25, 0.3) is 5.91 Å². The van der Waals surface area contributed by atoms with Gasteiger partial charge >= 0.3 is 5.97 Å². The molecular weight excluding hydrogens is 256 g/mol. The topological polar surface area (TPSA) is 82.2 Å². The fraction of sp³-hybridized carbons (Fsp3) is 0.333. The molecule has 1 heterocycles. The van der Waals surface area contributed by atoms with Crippen LogP contribution in [0.5, 0.6) is 0 Å². The van der Waals surface area contributed by atoms with E-state index in [4.69, 9.17) is 5.11 Å². The van der Waals surface area contributed by atoms with Gasteiger partial charge in [-0.25, -0.2) is 0 Å². The summed E-state index contributed by atoms with van der Waals surface area (Å²) in [6, 6.07) is 9.16. The summed E-state index contributed by atoms with van der Waals surface area (Å²) < 4.78 is 0. The van der Waals surface area contributed by atoms with Gasteiger partial charge in [-0.05, 0) is 25.0 Å². The minimum absolute atomic E-state index is 0.237. The number of H-pyrrole nitrogens is 1. The van der Waals surface area contributed by atoms with Crippen molar-refractivity contribution in [1.82, 2.24) is 10.3 Å². The van der Waals surface area contributed by atoms with Crippen LogP contribution in [0.25, 0.3) is 10.9 Å². The normalized spacial score (nSPS) is 22.0. The number of benzene rings is 1. The number of carbonyl (C=O) groups excluding carboxylic acids is 1. The molecule has 2 atom stereocenters. The Morgan fingerprint density at radius 3 is 2.80 bits per heavy atom. The van der Waals surface area contributed by atoms with E-state index in [9.17, 15) is 9.59 Å². The van der Waals surface area contributed by atoms with Crippen molar-refractivity contribution in [3.63, 3.8) is 0 Å². The summed E-state index contributed by atoms with van der Waals surface area (Å²) in [5, 5.41) is 12.9. The summed E-state index contributed by atoms with van der Waals surface area (Å²) in [7, 11) is 0. The number of para-hydroxylation sites is 1. The van der Waals surface area contributed by atoms with Gasteiger partial charge in [-0.2, -0.15) is 0 Å². The molecule has 0 aliphatic heterocycles. The Morgan fingerprint density at radius 1 is 1.25 bits per heavy atom. The Balaban J connectivity index is 1.77. The van der Waals surface area contributed by atoms with E-state index in [-0.39, 0.29) is 11.9 Å². The van der Waals surface area contributed by atoms with Crippen molar-refractivity contribution in [2.24, 2.45) is 5.92 Å². The largest absolute Gasteiger partial charge is 0.481 e. The molecule has 0 bridgehead atoms. The number of hydrogen-bond donors (Lipinski definition) is 3. The summed E-state index contributed by atoms with van der Waals surface area (Å²) in [6.45, 7) is 0. The highest BCUT2D eigenvalue weighted by Gasteiger charge is 2.34. The Bertz CT molecular complexity index is 629. The third-order valence-corrected chi connectivity index (χ3v) is 3.92. The highest BCUT2D eigenvalue weighted by Crippen LogP contribution is 2.26. The summed E-state index contributed by atoms with van der Waals surface area (Å²) >= 11 is 0. The zero-order valence-corrected chi connectivity index (χ0v) is 10.9. The van der Waals surface area contributed by atoms with Gasteiger partial charge in [0.2, 0.25) is 0 Å². The average molecular weight is 272 g/mol. The number of rotatable bonds is 3. The Morgan fingerprint density at radius 2 is 2.05 bits per heavy atom. The fourth-order valence-corrected chi connectivity index (χ4v) is 2.87. The van der Waals surface area contributed by atoms with Gasteiger partial charge in [0.15, 0.2) is 0 Å². The van der Waals surface area contributed by atoms with Crippen LogP contribution in [0.2, 0.25) is 0 Å². The maximum atomic E-state index is 12.2. The molecule has 0 saturated heterocycles. The van der Waals surface area contributed by atoms with Crippen molar-refractivity contribution in [3.05, 3.63) is 36.0 Å². The first-order valence-electron chi connectivity index (χ1n) is 6.76. The minimum atomic E-state index is -0.829. The SMILES string of the molecule is O=C(NC1CCCC1C(=O)O)c1cc2ccccc2[nH]1. The molecule has 2 aromatic rings. The van der Waals surface area contributed by atoms with Crippen LogP contribution in [0.15, 0.2) is 30.3 Å². The second-order valence-electron chi connectivity index (χ2n) is 5.23. The highest BCUT2D eigenvalue weighted by molar-refractivity contribution is 5.98. The van der Waals surface area contributed by atoms with Gasteiger partial charge in [-0.15, -0.1) is 0 Å². The Kier molecular flexibility index (Phi) is 3.18. The molecule has 2 unspecified atom stereocenters. The van der Waals surface area contributed by atoms with Crippen LogP contribution in [0.3, 0.4) is 0 Å². The molecule has 1 aliphatic rings. The molecule has 1 aliphatic carbocycles. The molecule has 5 nitrogen and oxygen atoms in total. The number of aliphatic carboxylic acids is 1. The summed E-state index contributed by atoms with van der Waals surface area (Å²) in [6.07, 6.45) is 2.20. The van der Waals surface area contributed by atoms with Crippen molar-refractivity contribution in [1.29, 1.82) is 0 Å². The van der Waals surface area contributed by atoms with Crippen molar-refractivity contribution < 1.29 is 14.7 Å². The molecule has 1 aromatic carbocycles. The zero-order chi connectivity index (χ0) is 14.1.